The van der Waals surface area contributed by atoms with Gasteiger partial charge in [0.25, 0.3) is 0 Å². The number of para-hydroxylation sites is 1. The molecule has 2 aromatic heterocycles. The highest BCUT2D eigenvalue weighted by molar-refractivity contribution is 7.99. The molecule has 0 spiro atoms. The Labute approximate surface area is 197 Å². The van der Waals surface area contributed by atoms with Gasteiger partial charge in [-0.05, 0) is 25.5 Å². The molecule has 0 saturated carbocycles. The number of benzene rings is 2. The van der Waals surface area contributed by atoms with Crippen molar-refractivity contribution in [2.24, 2.45) is 5.14 Å². The van der Waals surface area contributed by atoms with Gasteiger partial charge in [-0.25, -0.2) is 18.5 Å². The molecule has 170 valence electrons. The summed E-state index contributed by atoms with van der Waals surface area (Å²) in [6.07, 6.45) is 2.24. The summed E-state index contributed by atoms with van der Waals surface area (Å²) in [6, 6.07) is 18.3. The number of rotatable bonds is 9. The molecule has 9 heteroatoms. The average molecular weight is 480 g/mol. The minimum Gasteiger partial charge on any atom is -0.298 e. The molecule has 4 aromatic rings. The van der Waals surface area contributed by atoms with Gasteiger partial charge >= 0.3 is 0 Å². The molecule has 0 fully saturated rings. The van der Waals surface area contributed by atoms with Gasteiger partial charge in [-0.1, -0.05) is 65.9 Å². The molecule has 2 N–H and O–H groups in total. The Hall–Kier alpha value is -3.01. The first-order valence-electron chi connectivity index (χ1n) is 10.5. The van der Waals surface area contributed by atoms with Crippen LogP contribution in [-0.2, 0) is 16.6 Å². The highest BCUT2D eigenvalue weighted by Gasteiger charge is 2.18. The Morgan fingerprint density at radius 3 is 2.61 bits per heavy atom. The van der Waals surface area contributed by atoms with Crippen molar-refractivity contribution in [3.8, 4) is 22.6 Å². The maximum Gasteiger partial charge on any atom is 0.209 e. The van der Waals surface area contributed by atoms with Gasteiger partial charge in [-0.3, -0.25) is 4.57 Å². The van der Waals surface area contributed by atoms with Crippen LogP contribution < -0.4 is 5.14 Å². The average Bonchev–Trinajstić information content (AvgIpc) is 3.18. The number of nitrogens with two attached hydrogens (primary N) is 1. The van der Waals surface area contributed by atoms with Crippen LogP contribution in [0.5, 0.6) is 0 Å². The van der Waals surface area contributed by atoms with E-state index < -0.39 is 10.0 Å². The van der Waals surface area contributed by atoms with Gasteiger partial charge in [-0.15, -0.1) is 16.8 Å². The number of nitrogens with zero attached hydrogens (tertiary/aromatic N) is 4. The Kier molecular flexibility index (Phi) is 6.92. The molecule has 7 nitrogen and oxygen atoms in total. The predicted molar refractivity (Wildman–Crippen MR) is 134 cm³/mol. The van der Waals surface area contributed by atoms with Crippen LogP contribution in [0.3, 0.4) is 0 Å². The summed E-state index contributed by atoms with van der Waals surface area (Å²) < 4.78 is 24.4. The van der Waals surface area contributed by atoms with Gasteiger partial charge in [0.2, 0.25) is 10.0 Å². The summed E-state index contributed by atoms with van der Waals surface area (Å²) in [6.45, 7) is 6.46. The third kappa shape index (κ3) is 5.50. The van der Waals surface area contributed by atoms with Crippen molar-refractivity contribution in [3.05, 3.63) is 72.8 Å². The Balaban J connectivity index is 1.76. The van der Waals surface area contributed by atoms with E-state index in [9.17, 15) is 8.42 Å². The number of pyridine rings is 1. The summed E-state index contributed by atoms with van der Waals surface area (Å²) in [5.74, 6) is 1.23. The lowest BCUT2D eigenvalue weighted by molar-refractivity contribution is 0.596. The Morgan fingerprint density at radius 2 is 1.88 bits per heavy atom. The number of hydrogen-bond donors (Lipinski definition) is 1. The van der Waals surface area contributed by atoms with Crippen molar-refractivity contribution in [1.82, 2.24) is 19.7 Å². The van der Waals surface area contributed by atoms with Crippen molar-refractivity contribution in [2.45, 2.75) is 25.0 Å². The number of allylic oxidation sites excluding steroid dienone is 1. The van der Waals surface area contributed by atoms with E-state index >= 15 is 0 Å². The topological polar surface area (TPSA) is 104 Å². The molecule has 0 amide bonds. The van der Waals surface area contributed by atoms with Gasteiger partial charge in [0.15, 0.2) is 11.0 Å². The molecule has 0 radical (unpaired) electrons. The molecule has 0 saturated heterocycles. The number of hydrogen-bond acceptors (Lipinski definition) is 6. The van der Waals surface area contributed by atoms with Gasteiger partial charge < -0.3 is 0 Å². The summed E-state index contributed by atoms with van der Waals surface area (Å²) >= 11 is 1.46. The highest BCUT2D eigenvalue weighted by Crippen LogP contribution is 2.33. The Bertz CT molecular complexity index is 1400. The molecule has 0 aliphatic carbocycles. The molecule has 0 bridgehead atoms. The zero-order chi connectivity index (χ0) is 23.4. The van der Waals surface area contributed by atoms with Crippen molar-refractivity contribution >= 4 is 32.7 Å². The lowest BCUT2D eigenvalue weighted by atomic mass is 10.0. The molecule has 0 aliphatic rings. The van der Waals surface area contributed by atoms with Crippen LogP contribution in [0.4, 0.5) is 0 Å². The number of aryl methyl sites for hydroxylation is 1. The molecular formula is C24H25N5O2S2. The number of sulfonamides is 1. The zero-order valence-corrected chi connectivity index (χ0v) is 19.9. The molecule has 2 aromatic carbocycles. The van der Waals surface area contributed by atoms with Crippen LogP contribution in [-0.4, -0.2) is 39.7 Å². The fraction of sp³-hybridized carbons (Fsp3) is 0.208. The SMILES string of the molecule is C=CCn1c(SCCCS(N)(=O)=O)nnc1-c1cc(-c2ccc(C)cc2)nc2ccccc12. The van der Waals surface area contributed by atoms with Crippen molar-refractivity contribution < 1.29 is 8.42 Å². The summed E-state index contributed by atoms with van der Waals surface area (Å²) in [7, 11) is -3.47. The smallest absolute Gasteiger partial charge is 0.209 e. The lowest BCUT2D eigenvalue weighted by Crippen LogP contribution is -2.16. The second kappa shape index (κ2) is 9.86. The summed E-state index contributed by atoms with van der Waals surface area (Å²) in [4.78, 5) is 4.88. The molecule has 2 heterocycles. The van der Waals surface area contributed by atoms with Gasteiger partial charge in [-0.2, -0.15) is 0 Å². The van der Waals surface area contributed by atoms with E-state index in [1.54, 1.807) is 6.08 Å². The van der Waals surface area contributed by atoms with Crippen LogP contribution in [0.15, 0.2) is 72.4 Å². The fourth-order valence-corrected chi connectivity index (χ4v) is 5.16. The van der Waals surface area contributed by atoms with E-state index in [1.165, 1.54) is 17.3 Å². The van der Waals surface area contributed by atoms with Gasteiger partial charge in [0.05, 0.1) is 17.0 Å². The van der Waals surface area contributed by atoms with Gasteiger partial charge in [0, 0.05) is 28.8 Å². The van der Waals surface area contributed by atoms with Gasteiger partial charge in [0.1, 0.15) is 0 Å². The maximum absolute atomic E-state index is 11.2. The second-order valence-electron chi connectivity index (χ2n) is 7.71. The van der Waals surface area contributed by atoms with E-state index in [4.69, 9.17) is 10.1 Å². The number of primary sulfonamides is 1. The first kappa shape index (κ1) is 23.2. The number of fused-ring (bicyclic) bond motifs is 1. The predicted octanol–water partition coefficient (Wildman–Crippen LogP) is 4.43. The normalized spacial score (nSPS) is 11.7. The fourth-order valence-electron chi connectivity index (χ4n) is 3.54. The zero-order valence-electron chi connectivity index (χ0n) is 18.3. The van der Waals surface area contributed by atoms with E-state index in [2.05, 4.69) is 48.0 Å². The van der Waals surface area contributed by atoms with Crippen molar-refractivity contribution in [2.75, 3.05) is 11.5 Å². The standard InChI is InChI=1S/C24H25N5O2S2/c1-3-13-29-23(27-28-24(29)32-14-6-15-33(25,30)31)20-16-22(18-11-9-17(2)10-12-18)26-21-8-5-4-7-19(20)21/h3-5,7-12,16H,1,6,13-15H2,2H3,(H2,25,30,31). The third-order valence-electron chi connectivity index (χ3n) is 5.14. The van der Waals surface area contributed by atoms with Crippen LogP contribution >= 0.6 is 11.8 Å². The molecule has 4 rings (SSSR count). The number of thioether (sulfide) groups is 1. The van der Waals surface area contributed by atoms with Crippen molar-refractivity contribution in [1.29, 1.82) is 0 Å². The lowest BCUT2D eigenvalue weighted by Gasteiger charge is -2.12. The van der Waals surface area contributed by atoms with Crippen LogP contribution in [0.25, 0.3) is 33.5 Å². The van der Waals surface area contributed by atoms with E-state index in [1.807, 2.05) is 34.9 Å². The third-order valence-corrected chi connectivity index (χ3v) is 7.05. The molecule has 0 unspecified atom stereocenters. The molecule has 0 aliphatic heterocycles. The Morgan fingerprint density at radius 1 is 1.12 bits per heavy atom. The van der Waals surface area contributed by atoms with E-state index in [-0.39, 0.29) is 5.75 Å². The van der Waals surface area contributed by atoms with Crippen LogP contribution in [0.2, 0.25) is 0 Å². The second-order valence-corrected chi connectivity index (χ2v) is 10.5. The van der Waals surface area contributed by atoms with Crippen LogP contribution in [0, 0.1) is 6.92 Å². The minimum atomic E-state index is -3.47. The largest absolute Gasteiger partial charge is 0.298 e. The van der Waals surface area contributed by atoms with Crippen LogP contribution in [0.1, 0.15) is 12.0 Å². The molecule has 0 atom stereocenters. The molecule has 33 heavy (non-hydrogen) atoms. The molecular weight excluding hydrogens is 454 g/mol. The van der Waals surface area contributed by atoms with E-state index in [0.717, 1.165) is 33.5 Å². The minimum absolute atomic E-state index is 0.0582. The monoisotopic (exact) mass is 479 g/mol. The first-order chi connectivity index (χ1) is 15.9. The number of aromatic nitrogens is 4. The summed E-state index contributed by atoms with van der Waals surface area (Å²) in [5.41, 5.74) is 4.89. The van der Waals surface area contributed by atoms with E-state index in [0.29, 0.717) is 23.9 Å². The maximum atomic E-state index is 11.2. The summed E-state index contributed by atoms with van der Waals surface area (Å²) in [5, 5.41) is 15.7. The first-order valence-corrected chi connectivity index (χ1v) is 13.2. The highest BCUT2D eigenvalue weighted by atomic mass is 32.2. The van der Waals surface area contributed by atoms with Crippen molar-refractivity contribution in [3.63, 3.8) is 0 Å². The quantitative estimate of drug-likeness (QED) is 0.216.